The molecule has 6 nitrogen and oxygen atoms in total. The van der Waals surface area contributed by atoms with E-state index in [2.05, 4.69) is 10.6 Å². The number of carbonyl (C=O) groups excluding carboxylic acids is 1. The molecule has 1 aromatic carbocycles. The van der Waals surface area contributed by atoms with Gasteiger partial charge in [-0.1, -0.05) is 6.07 Å². The van der Waals surface area contributed by atoms with E-state index in [1.807, 2.05) is 43.3 Å². The van der Waals surface area contributed by atoms with Gasteiger partial charge in [0.2, 0.25) is 0 Å². The van der Waals surface area contributed by atoms with E-state index in [1.165, 1.54) is 0 Å². The summed E-state index contributed by atoms with van der Waals surface area (Å²) in [7, 11) is 3.86. The molecule has 6 heteroatoms. The summed E-state index contributed by atoms with van der Waals surface area (Å²) in [5.41, 5.74) is 1.75. The van der Waals surface area contributed by atoms with Crippen molar-refractivity contribution in [1.82, 2.24) is 5.32 Å². The van der Waals surface area contributed by atoms with Gasteiger partial charge in [0.25, 0.3) is 5.91 Å². The first-order chi connectivity index (χ1) is 12.5. The van der Waals surface area contributed by atoms with Crippen molar-refractivity contribution < 1.29 is 9.21 Å². The maximum Gasteiger partial charge on any atom is 0.349 e. The molecule has 0 aliphatic carbocycles. The minimum Gasteiger partial charge on any atom is -0.427 e. The van der Waals surface area contributed by atoms with Crippen molar-refractivity contribution >= 4 is 17.3 Å². The van der Waals surface area contributed by atoms with Gasteiger partial charge in [-0.15, -0.1) is 0 Å². The second-order valence-corrected chi connectivity index (χ2v) is 6.92. The Morgan fingerprint density at radius 3 is 2.62 bits per heavy atom. The summed E-state index contributed by atoms with van der Waals surface area (Å²) in [6.07, 6.45) is 1.87. The quantitative estimate of drug-likeness (QED) is 0.882. The van der Waals surface area contributed by atoms with Gasteiger partial charge in [0, 0.05) is 31.4 Å². The number of benzene rings is 1. The predicted molar refractivity (Wildman–Crippen MR) is 103 cm³/mol. The van der Waals surface area contributed by atoms with Gasteiger partial charge in [0.1, 0.15) is 11.3 Å². The lowest BCUT2D eigenvalue weighted by molar-refractivity contribution is 0.102. The fraction of sp³-hybridized carbons (Fsp3) is 0.400. The summed E-state index contributed by atoms with van der Waals surface area (Å²) in [6.45, 7) is 3.61. The zero-order chi connectivity index (χ0) is 18.7. The Labute approximate surface area is 153 Å². The van der Waals surface area contributed by atoms with Gasteiger partial charge in [0.05, 0.1) is 0 Å². The second kappa shape index (κ2) is 7.74. The van der Waals surface area contributed by atoms with Crippen LogP contribution in [0.1, 0.15) is 40.4 Å². The van der Waals surface area contributed by atoms with Crippen molar-refractivity contribution in [2.45, 2.75) is 25.7 Å². The van der Waals surface area contributed by atoms with Gasteiger partial charge >= 0.3 is 5.63 Å². The van der Waals surface area contributed by atoms with E-state index < -0.39 is 11.5 Å². The molecule has 2 heterocycles. The zero-order valence-electron chi connectivity index (χ0n) is 15.5. The molecular formula is C20H25N3O3. The van der Waals surface area contributed by atoms with Crippen LogP contribution in [0.3, 0.4) is 0 Å². The number of amides is 1. The van der Waals surface area contributed by atoms with E-state index in [9.17, 15) is 9.59 Å². The highest BCUT2D eigenvalue weighted by Gasteiger charge is 2.22. The van der Waals surface area contributed by atoms with E-state index in [0.717, 1.165) is 31.6 Å². The number of aryl methyl sites for hydroxylation is 1. The number of hydrogen-bond acceptors (Lipinski definition) is 5. The molecule has 0 saturated carbocycles. The molecule has 1 aliphatic heterocycles. The molecule has 0 bridgehead atoms. The number of piperidine rings is 1. The largest absolute Gasteiger partial charge is 0.427 e. The molecule has 1 amide bonds. The Hall–Kier alpha value is -2.60. The van der Waals surface area contributed by atoms with Crippen LogP contribution < -0.4 is 21.2 Å². The normalized spacial score (nSPS) is 14.9. The van der Waals surface area contributed by atoms with Crippen LogP contribution >= 0.6 is 0 Å². The van der Waals surface area contributed by atoms with Crippen LogP contribution in [0.25, 0.3) is 0 Å². The monoisotopic (exact) mass is 355 g/mol. The van der Waals surface area contributed by atoms with Gasteiger partial charge in [-0.25, -0.2) is 4.79 Å². The van der Waals surface area contributed by atoms with E-state index >= 15 is 0 Å². The minimum absolute atomic E-state index is 0.0675. The number of nitrogens with one attached hydrogen (secondary N) is 2. The van der Waals surface area contributed by atoms with Crippen molar-refractivity contribution in [3.8, 4) is 0 Å². The molecule has 0 unspecified atom stereocenters. The SMILES string of the molecule is Cc1cc(C2CCNCC2)oc(=O)c1C(=O)Nc1cccc(N(C)C)c1. The number of anilines is 2. The molecule has 26 heavy (non-hydrogen) atoms. The van der Waals surface area contributed by atoms with Gasteiger partial charge in [0.15, 0.2) is 0 Å². The minimum atomic E-state index is -0.570. The predicted octanol–water partition coefficient (Wildman–Crippen LogP) is 2.73. The van der Waals surface area contributed by atoms with Gasteiger partial charge in [-0.2, -0.15) is 0 Å². The molecule has 1 aromatic heterocycles. The van der Waals surface area contributed by atoms with Crippen molar-refractivity contribution in [3.05, 3.63) is 57.6 Å². The third-order valence-electron chi connectivity index (χ3n) is 4.76. The van der Waals surface area contributed by atoms with Crippen LogP contribution in [-0.4, -0.2) is 33.1 Å². The Balaban J connectivity index is 1.83. The third-order valence-corrected chi connectivity index (χ3v) is 4.76. The lowest BCUT2D eigenvalue weighted by Gasteiger charge is -2.22. The van der Waals surface area contributed by atoms with E-state index in [-0.39, 0.29) is 11.5 Å². The lowest BCUT2D eigenvalue weighted by atomic mass is 9.94. The van der Waals surface area contributed by atoms with E-state index in [1.54, 1.807) is 13.0 Å². The fourth-order valence-electron chi connectivity index (χ4n) is 3.27. The Morgan fingerprint density at radius 2 is 1.96 bits per heavy atom. The summed E-state index contributed by atoms with van der Waals surface area (Å²) >= 11 is 0. The number of hydrogen-bond donors (Lipinski definition) is 2. The van der Waals surface area contributed by atoms with Crippen LogP contribution in [-0.2, 0) is 0 Å². The molecule has 1 saturated heterocycles. The summed E-state index contributed by atoms with van der Waals surface area (Å²) in [4.78, 5) is 27.0. The molecule has 2 N–H and O–H groups in total. The van der Waals surface area contributed by atoms with E-state index in [4.69, 9.17) is 4.42 Å². The molecule has 0 spiro atoms. The highest BCUT2D eigenvalue weighted by Crippen LogP contribution is 2.25. The number of rotatable bonds is 4. The fourth-order valence-corrected chi connectivity index (χ4v) is 3.27. The molecule has 0 radical (unpaired) electrons. The van der Waals surface area contributed by atoms with Crippen molar-refractivity contribution in [1.29, 1.82) is 0 Å². The molecule has 138 valence electrons. The maximum absolute atomic E-state index is 12.6. The lowest BCUT2D eigenvalue weighted by Crippen LogP contribution is -2.28. The molecule has 2 aromatic rings. The topological polar surface area (TPSA) is 74.6 Å². The Morgan fingerprint density at radius 1 is 1.23 bits per heavy atom. The highest BCUT2D eigenvalue weighted by atomic mass is 16.4. The first-order valence-corrected chi connectivity index (χ1v) is 8.90. The molecule has 0 atom stereocenters. The van der Waals surface area contributed by atoms with Crippen LogP contribution in [0, 0.1) is 6.92 Å². The van der Waals surface area contributed by atoms with Crippen LogP contribution in [0.5, 0.6) is 0 Å². The average molecular weight is 355 g/mol. The summed E-state index contributed by atoms with van der Waals surface area (Å²) in [6, 6.07) is 9.30. The standard InChI is InChI=1S/C20H25N3O3/c1-13-11-17(14-7-9-21-10-8-14)26-20(25)18(13)19(24)22-15-5-4-6-16(12-15)23(2)3/h4-6,11-12,14,21H,7-10H2,1-3H3,(H,22,24). The first-order valence-electron chi connectivity index (χ1n) is 8.90. The first kappa shape index (κ1) is 18.2. The average Bonchev–Trinajstić information content (AvgIpc) is 2.62. The zero-order valence-corrected chi connectivity index (χ0v) is 15.5. The van der Waals surface area contributed by atoms with Gasteiger partial charge in [-0.05, 0) is 62.7 Å². The van der Waals surface area contributed by atoms with Crippen molar-refractivity contribution in [2.75, 3.05) is 37.4 Å². The summed E-state index contributed by atoms with van der Waals surface area (Å²) < 4.78 is 5.50. The van der Waals surface area contributed by atoms with Crippen LogP contribution in [0.4, 0.5) is 11.4 Å². The number of carbonyl (C=O) groups is 1. The van der Waals surface area contributed by atoms with Crippen molar-refractivity contribution in [3.63, 3.8) is 0 Å². The number of nitrogens with zero attached hydrogens (tertiary/aromatic N) is 1. The maximum atomic E-state index is 12.6. The third kappa shape index (κ3) is 3.96. The molecule has 3 rings (SSSR count). The van der Waals surface area contributed by atoms with E-state index in [0.29, 0.717) is 17.0 Å². The molecule has 1 fully saturated rings. The summed E-state index contributed by atoms with van der Waals surface area (Å²) in [5, 5.41) is 6.09. The highest BCUT2D eigenvalue weighted by molar-refractivity contribution is 6.05. The van der Waals surface area contributed by atoms with Crippen LogP contribution in [0.15, 0.2) is 39.5 Å². The Kier molecular flexibility index (Phi) is 5.42. The molecule has 1 aliphatic rings. The Bertz CT molecular complexity index is 852. The smallest absolute Gasteiger partial charge is 0.349 e. The van der Waals surface area contributed by atoms with Crippen molar-refractivity contribution in [2.24, 2.45) is 0 Å². The van der Waals surface area contributed by atoms with Crippen LogP contribution in [0.2, 0.25) is 0 Å². The second-order valence-electron chi connectivity index (χ2n) is 6.92. The van der Waals surface area contributed by atoms with Gasteiger partial charge < -0.3 is 20.0 Å². The summed E-state index contributed by atoms with van der Waals surface area (Å²) in [5.74, 6) is 0.473. The van der Waals surface area contributed by atoms with Gasteiger partial charge in [-0.3, -0.25) is 4.79 Å². The molecular weight excluding hydrogens is 330 g/mol.